The van der Waals surface area contributed by atoms with Crippen molar-refractivity contribution in [3.05, 3.63) is 72.1 Å². The number of carboxylic acids is 1. The third kappa shape index (κ3) is 10.9. The van der Waals surface area contributed by atoms with Crippen LogP contribution in [0.15, 0.2) is 60.9 Å². The number of aryl methyl sites for hydroxylation is 1. The maximum Gasteiger partial charge on any atom is 0.303 e. The molecule has 39 heavy (non-hydrogen) atoms. The van der Waals surface area contributed by atoms with Gasteiger partial charge in [-0.2, -0.15) is 0 Å². The van der Waals surface area contributed by atoms with Crippen molar-refractivity contribution < 1.29 is 9.90 Å². The van der Waals surface area contributed by atoms with Crippen LogP contribution >= 0.6 is 0 Å². The summed E-state index contributed by atoms with van der Waals surface area (Å²) < 4.78 is 0. The van der Waals surface area contributed by atoms with Crippen LogP contribution in [0.4, 0.5) is 0 Å². The lowest BCUT2D eigenvalue weighted by Gasteiger charge is -2.10. The number of unbranched alkanes of at least 4 members (excludes halogenated alkanes) is 7. The smallest absolute Gasteiger partial charge is 0.303 e. The van der Waals surface area contributed by atoms with Gasteiger partial charge in [0.25, 0.3) is 0 Å². The maximum absolute atomic E-state index is 10.1. The molecule has 210 valence electrons. The fourth-order valence-electron chi connectivity index (χ4n) is 5.29. The van der Waals surface area contributed by atoms with Gasteiger partial charge < -0.3 is 5.11 Å². The van der Waals surface area contributed by atoms with Crippen molar-refractivity contribution in [3.8, 4) is 22.5 Å². The molecule has 1 aliphatic rings. The summed E-state index contributed by atoms with van der Waals surface area (Å²) in [6.07, 6.45) is 21.5. The second-order valence-electron chi connectivity index (χ2n) is 11.0. The summed E-state index contributed by atoms with van der Waals surface area (Å²) in [4.78, 5) is 19.2. The van der Waals surface area contributed by atoms with E-state index in [1.54, 1.807) is 0 Å². The molecule has 0 bridgehead atoms. The van der Waals surface area contributed by atoms with E-state index < -0.39 is 5.97 Å². The Morgan fingerprint density at radius 3 is 1.82 bits per heavy atom. The van der Waals surface area contributed by atoms with E-state index in [0.29, 0.717) is 6.42 Å². The van der Waals surface area contributed by atoms with E-state index >= 15 is 0 Å². The van der Waals surface area contributed by atoms with Gasteiger partial charge in [0.2, 0.25) is 0 Å². The van der Waals surface area contributed by atoms with Crippen LogP contribution in [0.5, 0.6) is 0 Å². The lowest BCUT2D eigenvalue weighted by atomic mass is 9.95. The summed E-state index contributed by atoms with van der Waals surface area (Å²) >= 11 is 0. The Kier molecular flexibility index (Phi) is 13.7. The first-order valence-electron chi connectivity index (χ1n) is 15.3. The molecule has 1 heterocycles. The second kappa shape index (κ2) is 17.6. The van der Waals surface area contributed by atoms with Crippen LogP contribution < -0.4 is 0 Å². The standard InChI is InChI=1S/C26H30N2.C9H18O2/c1-2-3-4-7-20-18-27-26(28-19-20)25-16-14-24(15-17-25)23-12-10-22(11-13-23)21-8-5-6-9-21;1-2-3-4-5-6-7-8-9(10)11/h10-19,21H,2-9H2,1H3;2-8H2,1H3,(H,10,11). The van der Waals surface area contributed by atoms with Crippen LogP contribution in [0.1, 0.15) is 121 Å². The first-order valence-corrected chi connectivity index (χ1v) is 15.3. The van der Waals surface area contributed by atoms with Gasteiger partial charge in [-0.15, -0.1) is 0 Å². The van der Waals surface area contributed by atoms with E-state index in [-0.39, 0.29) is 0 Å². The molecule has 1 fully saturated rings. The zero-order valence-corrected chi connectivity index (χ0v) is 24.2. The zero-order valence-electron chi connectivity index (χ0n) is 24.2. The van der Waals surface area contributed by atoms with Gasteiger partial charge in [0, 0.05) is 24.4 Å². The van der Waals surface area contributed by atoms with Crippen LogP contribution in [0.3, 0.4) is 0 Å². The Bertz CT molecular complexity index is 1070. The van der Waals surface area contributed by atoms with Crippen molar-refractivity contribution in [2.75, 3.05) is 0 Å². The molecule has 1 N–H and O–H groups in total. The van der Waals surface area contributed by atoms with Crippen molar-refractivity contribution >= 4 is 5.97 Å². The largest absolute Gasteiger partial charge is 0.481 e. The number of carbonyl (C=O) groups is 1. The van der Waals surface area contributed by atoms with E-state index in [0.717, 1.165) is 36.6 Å². The van der Waals surface area contributed by atoms with Crippen LogP contribution in [-0.4, -0.2) is 21.0 Å². The van der Waals surface area contributed by atoms with Crippen molar-refractivity contribution in [2.45, 2.75) is 116 Å². The van der Waals surface area contributed by atoms with Crippen molar-refractivity contribution in [3.63, 3.8) is 0 Å². The Morgan fingerprint density at radius 1 is 0.718 bits per heavy atom. The molecule has 3 aromatic rings. The summed E-state index contributed by atoms with van der Waals surface area (Å²) in [7, 11) is 0. The zero-order chi connectivity index (χ0) is 27.7. The lowest BCUT2D eigenvalue weighted by Crippen LogP contribution is -1.93. The summed E-state index contributed by atoms with van der Waals surface area (Å²) in [5, 5.41) is 8.32. The fraction of sp³-hybridized carbons (Fsp3) is 0.514. The highest BCUT2D eigenvalue weighted by Gasteiger charge is 2.16. The topological polar surface area (TPSA) is 63.1 Å². The molecule has 0 atom stereocenters. The Hall–Kier alpha value is -3.01. The summed E-state index contributed by atoms with van der Waals surface area (Å²) in [5.41, 5.74) is 6.34. The molecule has 0 unspecified atom stereocenters. The van der Waals surface area contributed by atoms with Crippen molar-refractivity contribution in [2.24, 2.45) is 0 Å². The van der Waals surface area contributed by atoms with E-state index in [2.05, 4.69) is 72.3 Å². The molecule has 2 aromatic carbocycles. The number of hydrogen-bond donors (Lipinski definition) is 1. The number of aromatic nitrogens is 2. The van der Waals surface area contributed by atoms with Gasteiger partial charge in [-0.3, -0.25) is 4.79 Å². The monoisotopic (exact) mass is 528 g/mol. The van der Waals surface area contributed by atoms with Gasteiger partial charge in [-0.05, 0) is 60.3 Å². The van der Waals surface area contributed by atoms with Crippen molar-refractivity contribution in [1.82, 2.24) is 9.97 Å². The van der Waals surface area contributed by atoms with Crippen LogP contribution in [0, 0.1) is 0 Å². The molecular formula is C35H48N2O2. The number of rotatable bonds is 14. The normalized spacial score (nSPS) is 13.2. The van der Waals surface area contributed by atoms with Gasteiger partial charge >= 0.3 is 5.97 Å². The van der Waals surface area contributed by atoms with E-state index in [9.17, 15) is 4.79 Å². The van der Waals surface area contributed by atoms with E-state index in [1.807, 2.05) is 12.4 Å². The molecule has 0 saturated heterocycles. The van der Waals surface area contributed by atoms with Crippen molar-refractivity contribution in [1.29, 1.82) is 0 Å². The molecule has 4 nitrogen and oxygen atoms in total. The summed E-state index contributed by atoms with van der Waals surface area (Å²) in [6, 6.07) is 17.8. The lowest BCUT2D eigenvalue weighted by molar-refractivity contribution is -0.137. The first-order chi connectivity index (χ1) is 19.1. The SMILES string of the molecule is CCCCCCCCC(=O)O.CCCCCc1cnc(-c2ccc(-c3ccc(C4CCCC4)cc3)cc2)nc1. The number of nitrogens with zero attached hydrogens (tertiary/aromatic N) is 2. The van der Waals surface area contributed by atoms with Crippen LogP contribution in [0.25, 0.3) is 22.5 Å². The fourth-order valence-corrected chi connectivity index (χ4v) is 5.29. The molecule has 0 aliphatic heterocycles. The minimum absolute atomic E-state index is 0.339. The van der Waals surface area contributed by atoms with E-state index in [4.69, 9.17) is 5.11 Å². The van der Waals surface area contributed by atoms with E-state index in [1.165, 1.54) is 92.9 Å². The molecule has 1 aromatic heterocycles. The van der Waals surface area contributed by atoms with Gasteiger partial charge in [-0.1, -0.05) is 120 Å². The molecule has 4 heteroatoms. The maximum atomic E-state index is 10.1. The van der Waals surface area contributed by atoms with Crippen LogP contribution in [-0.2, 0) is 11.2 Å². The highest BCUT2D eigenvalue weighted by molar-refractivity contribution is 5.68. The Labute approximate surface area is 236 Å². The predicted octanol–water partition coefficient (Wildman–Crippen LogP) is 10.0. The highest BCUT2D eigenvalue weighted by atomic mass is 16.4. The average molecular weight is 529 g/mol. The number of hydrogen-bond acceptors (Lipinski definition) is 3. The average Bonchev–Trinajstić information content (AvgIpc) is 3.51. The number of benzene rings is 2. The molecule has 0 radical (unpaired) electrons. The molecular weight excluding hydrogens is 480 g/mol. The molecule has 1 saturated carbocycles. The summed E-state index contributed by atoms with van der Waals surface area (Å²) in [5.74, 6) is 0.918. The molecule has 0 spiro atoms. The molecule has 0 amide bonds. The third-order valence-corrected chi connectivity index (χ3v) is 7.73. The second-order valence-corrected chi connectivity index (χ2v) is 11.0. The first kappa shape index (κ1) is 30.5. The number of carboxylic acid groups (broad SMARTS) is 1. The third-order valence-electron chi connectivity index (χ3n) is 7.73. The highest BCUT2D eigenvalue weighted by Crippen LogP contribution is 2.35. The van der Waals surface area contributed by atoms with Gasteiger partial charge in [0.15, 0.2) is 5.82 Å². The quantitative estimate of drug-likeness (QED) is 0.211. The van der Waals surface area contributed by atoms with Crippen LogP contribution in [0.2, 0.25) is 0 Å². The minimum Gasteiger partial charge on any atom is -0.481 e. The molecule has 1 aliphatic carbocycles. The minimum atomic E-state index is -0.666. The molecule has 4 rings (SSSR count). The van der Waals surface area contributed by atoms with Gasteiger partial charge in [0.05, 0.1) is 0 Å². The number of aliphatic carboxylic acids is 1. The predicted molar refractivity (Wildman–Crippen MR) is 163 cm³/mol. The summed E-state index contributed by atoms with van der Waals surface area (Å²) in [6.45, 7) is 4.41. The van der Waals surface area contributed by atoms with Gasteiger partial charge in [0.1, 0.15) is 0 Å². The Morgan fingerprint density at radius 2 is 1.23 bits per heavy atom. The Balaban J connectivity index is 0.000000325. The van der Waals surface area contributed by atoms with Gasteiger partial charge in [-0.25, -0.2) is 9.97 Å².